The fourth-order valence-electron chi connectivity index (χ4n) is 3.11. The Morgan fingerprint density at radius 1 is 1.16 bits per heavy atom. The van der Waals surface area contributed by atoms with E-state index in [9.17, 15) is 9.50 Å². The van der Waals surface area contributed by atoms with Crippen molar-refractivity contribution >= 4 is 0 Å². The van der Waals surface area contributed by atoms with Crippen LogP contribution >= 0.6 is 0 Å². The van der Waals surface area contributed by atoms with Crippen LogP contribution in [0.2, 0.25) is 0 Å². The smallest absolute Gasteiger partial charge is 0.160 e. The Morgan fingerprint density at radius 3 is 2.47 bits per heavy atom. The predicted molar refractivity (Wildman–Crippen MR) is 67.9 cm³/mol. The topological polar surface area (TPSA) is 38.7 Å². The van der Waals surface area contributed by atoms with Crippen LogP contribution in [0.15, 0.2) is 24.3 Å². The van der Waals surface area contributed by atoms with Gasteiger partial charge >= 0.3 is 0 Å². The van der Waals surface area contributed by atoms with Crippen molar-refractivity contribution in [2.24, 2.45) is 5.92 Å². The third-order valence-corrected chi connectivity index (χ3v) is 4.25. The van der Waals surface area contributed by atoms with Crippen molar-refractivity contribution in [2.75, 3.05) is 13.2 Å². The van der Waals surface area contributed by atoms with Gasteiger partial charge in [0, 0.05) is 5.92 Å². The third-order valence-electron chi connectivity index (χ3n) is 4.25. The molecule has 1 N–H and O–H groups in total. The summed E-state index contributed by atoms with van der Waals surface area (Å²) >= 11 is 0. The molecule has 0 spiro atoms. The zero-order valence-electron chi connectivity index (χ0n) is 10.8. The first-order valence-corrected chi connectivity index (χ1v) is 6.89. The third kappa shape index (κ3) is 2.66. The lowest BCUT2D eigenvalue weighted by molar-refractivity contribution is -0.115. The van der Waals surface area contributed by atoms with Gasteiger partial charge in [0.2, 0.25) is 0 Å². The molecule has 0 unspecified atom stereocenters. The van der Waals surface area contributed by atoms with Gasteiger partial charge in [-0.2, -0.15) is 0 Å². The molecule has 3 rings (SSSR count). The van der Waals surface area contributed by atoms with Gasteiger partial charge in [0.25, 0.3) is 0 Å². The maximum Gasteiger partial charge on any atom is 0.160 e. The monoisotopic (exact) mass is 266 g/mol. The van der Waals surface area contributed by atoms with E-state index in [4.69, 9.17) is 9.47 Å². The molecule has 0 atom stereocenters. The summed E-state index contributed by atoms with van der Waals surface area (Å²) in [4.78, 5) is 0. The summed E-state index contributed by atoms with van der Waals surface area (Å²) in [6.07, 6.45) is 2.83. The normalized spacial score (nSPS) is 32.6. The van der Waals surface area contributed by atoms with E-state index in [0.29, 0.717) is 37.5 Å². The molecule has 19 heavy (non-hydrogen) atoms. The molecule has 1 saturated carbocycles. The van der Waals surface area contributed by atoms with Crippen molar-refractivity contribution in [3.05, 3.63) is 35.6 Å². The number of aliphatic hydroxyl groups is 1. The molecule has 104 valence electrons. The highest BCUT2D eigenvalue weighted by Crippen LogP contribution is 2.41. The molecular weight excluding hydrogens is 247 g/mol. The highest BCUT2D eigenvalue weighted by atomic mass is 19.1. The van der Waals surface area contributed by atoms with Gasteiger partial charge in [-0.3, -0.25) is 0 Å². The van der Waals surface area contributed by atoms with Crippen LogP contribution in [0.1, 0.15) is 31.2 Å². The Labute approximate surface area is 112 Å². The number of hydrogen-bond donors (Lipinski definition) is 1. The molecule has 0 bridgehead atoms. The molecule has 2 aliphatic rings. The molecular formula is C15H19FO3. The highest BCUT2D eigenvalue weighted by Gasteiger charge is 2.39. The molecule has 0 radical (unpaired) electrons. The Balaban J connectivity index is 1.68. The first-order chi connectivity index (χ1) is 9.17. The molecule has 3 nitrogen and oxygen atoms in total. The van der Waals surface area contributed by atoms with Crippen LogP contribution in [0.3, 0.4) is 0 Å². The van der Waals surface area contributed by atoms with E-state index in [1.165, 1.54) is 12.1 Å². The fourth-order valence-corrected chi connectivity index (χ4v) is 3.11. The first kappa shape index (κ1) is 13.0. The van der Waals surface area contributed by atoms with Crippen LogP contribution < -0.4 is 0 Å². The van der Waals surface area contributed by atoms with Crippen LogP contribution in [-0.4, -0.2) is 24.6 Å². The van der Waals surface area contributed by atoms with Gasteiger partial charge in [-0.1, -0.05) is 12.1 Å². The Kier molecular flexibility index (Phi) is 3.56. The molecule has 2 fully saturated rings. The number of rotatable bonds is 2. The molecule has 1 aliphatic heterocycles. The predicted octanol–water partition coefficient (Wildman–Crippen LogP) is 2.58. The standard InChI is InChI=1S/C15H19FO3/c16-13-3-1-2-12(10-13)15(17)6-4-11(5-7-15)14-18-8-9-19-14/h1-3,10-11,14,17H,4-9H2. The van der Waals surface area contributed by atoms with E-state index >= 15 is 0 Å². The van der Waals surface area contributed by atoms with Crippen molar-refractivity contribution in [1.29, 1.82) is 0 Å². The van der Waals surface area contributed by atoms with Crippen LogP contribution in [0.25, 0.3) is 0 Å². The van der Waals surface area contributed by atoms with Crippen molar-refractivity contribution in [3.8, 4) is 0 Å². The summed E-state index contributed by atoms with van der Waals surface area (Å²) in [5, 5.41) is 10.7. The average Bonchev–Trinajstić information content (AvgIpc) is 2.94. The zero-order valence-corrected chi connectivity index (χ0v) is 10.8. The molecule has 1 aromatic carbocycles. The quantitative estimate of drug-likeness (QED) is 0.894. The Morgan fingerprint density at radius 2 is 1.84 bits per heavy atom. The first-order valence-electron chi connectivity index (χ1n) is 6.89. The van der Waals surface area contributed by atoms with Gasteiger partial charge in [-0.05, 0) is 43.4 Å². The minimum atomic E-state index is -0.906. The maximum absolute atomic E-state index is 13.3. The summed E-state index contributed by atoms with van der Waals surface area (Å²) in [5.41, 5.74) is -0.226. The molecule has 1 saturated heterocycles. The lowest BCUT2D eigenvalue weighted by Gasteiger charge is -2.37. The minimum absolute atomic E-state index is 0.114. The molecule has 1 aromatic rings. The summed E-state index contributed by atoms with van der Waals surface area (Å²) < 4.78 is 24.3. The van der Waals surface area contributed by atoms with Crippen LogP contribution in [-0.2, 0) is 15.1 Å². The number of benzene rings is 1. The van der Waals surface area contributed by atoms with Crippen molar-refractivity contribution < 1.29 is 19.0 Å². The summed E-state index contributed by atoms with van der Waals surface area (Å²) in [6.45, 7) is 1.32. The van der Waals surface area contributed by atoms with Gasteiger partial charge in [-0.25, -0.2) is 4.39 Å². The van der Waals surface area contributed by atoms with Gasteiger partial charge in [0.05, 0.1) is 18.8 Å². The van der Waals surface area contributed by atoms with Crippen LogP contribution in [0.5, 0.6) is 0 Å². The van der Waals surface area contributed by atoms with Gasteiger partial charge < -0.3 is 14.6 Å². The second kappa shape index (κ2) is 5.19. The lowest BCUT2D eigenvalue weighted by atomic mass is 9.75. The molecule has 4 heteroatoms. The Hall–Kier alpha value is -0.970. The van der Waals surface area contributed by atoms with Gasteiger partial charge in [0.15, 0.2) is 6.29 Å². The zero-order chi connectivity index (χ0) is 13.3. The van der Waals surface area contributed by atoms with Crippen LogP contribution in [0.4, 0.5) is 4.39 Å². The fraction of sp³-hybridized carbons (Fsp3) is 0.600. The van der Waals surface area contributed by atoms with Crippen molar-refractivity contribution in [3.63, 3.8) is 0 Å². The number of hydrogen-bond acceptors (Lipinski definition) is 3. The number of ether oxygens (including phenoxy) is 2. The summed E-state index contributed by atoms with van der Waals surface area (Å²) in [7, 11) is 0. The summed E-state index contributed by atoms with van der Waals surface area (Å²) in [5.74, 6) is 0.0480. The minimum Gasteiger partial charge on any atom is -0.385 e. The highest BCUT2D eigenvalue weighted by molar-refractivity contribution is 5.23. The van der Waals surface area contributed by atoms with E-state index < -0.39 is 5.60 Å². The Bertz CT molecular complexity index is 435. The van der Waals surface area contributed by atoms with Gasteiger partial charge in [-0.15, -0.1) is 0 Å². The average molecular weight is 266 g/mol. The van der Waals surface area contributed by atoms with E-state index in [2.05, 4.69) is 0 Å². The maximum atomic E-state index is 13.3. The largest absolute Gasteiger partial charge is 0.385 e. The molecule has 0 amide bonds. The van der Waals surface area contributed by atoms with Gasteiger partial charge in [0.1, 0.15) is 5.82 Å². The van der Waals surface area contributed by atoms with E-state index in [0.717, 1.165) is 12.8 Å². The van der Waals surface area contributed by atoms with E-state index in [1.54, 1.807) is 12.1 Å². The number of halogens is 1. The SMILES string of the molecule is OC1(c2cccc(F)c2)CCC(C2OCCO2)CC1. The molecule has 1 aliphatic carbocycles. The molecule has 1 heterocycles. The lowest BCUT2D eigenvalue weighted by Crippen LogP contribution is -2.35. The molecule has 0 aromatic heterocycles. The van der Waals surface area contributed by atoms with Crippen molar-refractivity contribution in [1.82, 2.24) is 0 Å². The second-order valence-corrected chi connectivity index (χ2v) is 5.49. The van der Waals surface area contributed by atoms with Crippen molar-refractivity contribution in [2.45, 2.75) is 37.6 Å². The van der Waals surface area contributed by atoms with E-state index in [-0.39, 0.29) is 12.1 Å². The van der Waals surface area contributed by atoms with E-state index in [1.807, 2.05) is 0 Å². The van der Waals surface area contributed by atoms with Crippen LogP contribution in [0, 0.1) is 11.7 Å². The summed E-state index contributed by atoms with van der Waals surface area (Å²) in [6, 6.07) is 6.28. The second-order valence-electron chi connectivity index (χ2n) is 5.49.